The van der Waals surface area contributed by atoms with E-state index in [4.69, 9.17) is 16.7 Å². The van der Waals surface area contributed by atoms with Gasteiger partial charge in [0.25, 0.3) is 11.6 Å². The predicted octanol–water partition coefficient (Wildman–Crippen LogP) is 6.99. The lowest BCUT2D eigenvalue weighted by Crippen LogP contribution is -2.34. The molecule has 0 atom stereocenters. The molecule has 0 spiro atoms. The summed E-state index contributed by atoms with van der Waals surface area (Å²) in [5.74, 6) is -0.176. The lowest BCUT2D eigenvalue weighted by molar-refractivity contribution is -0.384. The van der Waals surface area contributed by atoms with Crippen molar-refractivity contribution in [3.63, 3.8) is 0 Å². The molecule has 0 saturated carbocycles. The Bertz CT molecular complexity index is 1570. The number of hydrogen-bond acceptors (Lipinski definition) is 4. The number of nitro groups is 1. The third-order valence-corrected chi connectivity index (χ3v) is 6.64. The molecule has 0 saturated heterocycles. The van der Waals surface area contributed by atoms with Gasteiger partial charge in [-0.05, 0) is 60.0 Å². The van der Waals surface area contributed by atoms with Crippen LogP contribution in [0.3, 0.4) is 0 Å². The van der Waals surface area contributed by atoms with E-state index in [1.54, 1.807) is 47.1 Å². The van der Waals surface area contributed by atoms with Crippen LogP contribution in [0.5, 0.6) is 0 Å². The smallest absolute Gasteiger partial charge is 0.272 e. The number of nitrogens with zero attached hydrogens (tertiary/aromatic N) is 4. The van der Waals surface area contributed by atoms with Crippen LogP contribution in [-0.4, -0.2) is 32.1 Å². The molecular weight excluding hydrogens is 512 g/mol. The molecule has 0 N–H and O–H groups in total. The van der Waals surface area contributed by atoms with Crippen LogP contribution in [0.4, 0.5) is 5.69 Å². The first-order chi connectivity index (χ1) is 19.0. The van der Waals surface area contributed by atoms with Gasteiger partial charge in [0, 0.05) is 35.8 Å². The fourth-order valence-electron chi connectivity index (χ4n) is 4.33. The number of carbonyl (C=O) groups is 1. The van der Waals surface area contributed by atoms with Crippen molar-refractivity contribution >= 4 is 23.2 Å². The van der Waals surface area contributed by atoms with Gasteiger partial charge in [0.15, 0.2) is 0 Å². The SMILES string of the molecule is O=C(c1cc(-c2ccc([N+](=O)[O-])cc2)nn1-c1ccc(Cl)cc1)N(CCc1ccccc1)Cc1ccccc1. The second-order valence-electron chi connectivity index (χ2n) is 9.05. The summed E-state index contributed by atoms with van der Waals surface area (Å²) in [5.41, 5.74) is 4.41. The van der Waals surface area contributed by atoms with Gasteiger partial charge in [-0.25, -0.2) is 4.68 Å². The summed E-state index contributed by atoms with van der Waals surface area (Å²) in [5, 5.41) is 16.4. The van der Waals surface area contributed by atoms with Crippen LogP contribution < -0.4 is 0 Å². The molecule has 5 rings (SSSR count). The van der Waals surface area contributed by atoms with Crippen LogP contribution in [-0.2, 0) is 13.0 Å². The van der Waals surface area contributed by atoms with Crippen molar-refractivity contribution in [2.45, 2.75) is 13.0 Å². The number of benzene rings is 4. The van der Waals surface area contributed by atoms with Gasteiger partial charge in [-0.1, -0.05) is 72.3 Å². The van der Waals surface area contributed by atoms with Crippen LogP contribution in [0, 0.1) is 10.1 Å². The molecule has 1 heterocycles. The molecule has 39 heavy (non-hydrogen) atoms. The lowest BCUT2D eigenvalue weighted by atomic mass is 10.1. The minimum atomic E-state index is -0.445. The van der Waals surface area contributed by atoms with E-state index in [0.717, 1.165) is 11.1 Å². The van der Waals surface area contributed by atoms with Crippen LogP contribution in [0.15, 0.2) is 115 Å². The average Bonchev–Trinajstić information content (AvgIpc) is 3.42. The first-order valence-electron chi connectivity index (χ1n) is 12.5. The topological polar surface area (TPSA) is 81.3 Å². The average molecular weight is 537 g/mol. The molecule has 0 aliphatic heterocycles. The zero-order valence-electron chi connectivity index (χ0n) is 21.0. The van der Waals surface area contributed by atoms with Gasteiger partial charge in [-0.15, -0.1) is 0 Å². The molecule has 5 aromatic rings. The van der Waals surface area contributed by atoms with Crippen molar-refractivity contribution < 1.29 is 9.72 Å². The standard InChI is InChI=1S/C31H25ClN4O3/c32-26-13-17-27(18-14-26)35-30(21-29(33-35)25-11-15-28(16-12-25)36(38)39)31(37)34(22-24-9-5-2-6-10-24)20-19-23-7-3-1-4-8-23/h1-18,21H,19-20,22H2. The summed E-state index contributed by atoms with van der Waals surface area (Å²) < 4.78 is 1.61. The third kappa shape index (κ3) is 6.22. The molecule has 4 aromatic carbocycles. The van der Waals surface area contributed by atoms with Gasteiger partial charge < -0.3 is 4.90 Å². The Morgan fingerprint density at radius 2 is 1.46 bits per heavy atom. The summed E-state index contributed by atoms with van der Waals surface area (Å²) in [6.07, 6.45) is 0.698. The Balaban J connectivity index is 1.54. The number of amides is 1. The van der Waals surface area contributed by atoms with Crippen LogP contribution >= 0.6 is 11.6 Å². The van der Waals surface area contributed by atoms with Crippen molar-refractivity contribution in [2.75, 3.05) is 6.54 Å². The van der Waals surface area contributed by atoms with E-state index in [1.165, 1.54) is 12.1 Å². The Labute approximate surface area is 231 Å². The number of rotatable bonds is 9. The van der Waals surface area contributed by atoms with Crippen LogP contribution in [0.2, 0.25) is 5.02 Å². The number of hydrogen-bond donors (Lipinski definition) is 0. The summed E-state index contributed by atoms with van der Waals surface area (Å²) in [4.78, 5) is 26.7. The minimum absolute atomic E-state index is 0.0119. The highest BCUT2D eigenvalue weighted by molar-refractivity contribution is 6.30. The van der Waals surface area contributed by atoms with Crippen molar-refractivity contribution in [2.24, 2.45) is 0 Å². The Hall–Kier alpha value is -4.75. The molecule has 0 bridgehead atoms. The van der Waals surface area contributed by atoms with E-state index >= 15 is 0 Å². The predicted molar refractivity (Wildman–Crippen MR) is 152 cm³/mol. The molecule has 0 radical (unpaired) electrons. The van der Waals surface area contributed by atoms with Gasteiger partial charge in [-0.2, -0.15) is 5.10 Å². The summed E-state index contributed by atoms with van der Waals surface area (Å²) in [6, 6.07) is 34.9. The molecule has 194 valence electrons. The van der Waals surface area contributed by atoms with Gasteiger partial charge in [-0.3, -0.25) is 14.9 Å². The molecule has 1 amide bonds. The quantitative estimate of drug-likeness (QED) is 0.150. The zero-order valence-corrected chi connectivity index (χ0v) is 21.7. The van der Waals surface area contributed by atoms with E-state index < -0.39 is 4.92 Å². The fraction of sp³-hybridized carbons (Fsp3) is 0.0968. The van der Waals surface area contributed by atoms with Crippen molar-refractivity contribution in [1.29, 1.82) is 0 Å². The highest BCUT2D eigenvalue weighted by atomic mass is 35.5. The maximum absolute atomic E-state index is 14.2. The third-order valence-electron chi connectivity index (χ3n) is 6.39. The van der Waals surface area contributed by atoms with Crippen molar-refractivity contribution in [1.82, 2.24) is 14.7 Å². The van der Waals surface area contributed by atoms with Gasteiger partial charge in [0.1, 0.15) is 5.69 Å². The summed E-state index contributed by atoms with van der Waals surface area (Å²) in [6.45, 7) is 0.946. The second kappa shape index (κ2) is 11.8. The van der Waals surface area contributed by atoms with E-state index in [9.17, 15) is 14.9 Å². The first kappa shape index (κ1) is 25.9. The van der Waals surface area contributed by atoms with Gasteiger partial charge in [0.2, 0.25) is 0 Å². The van der Waals surface area contributed by atoms with Crippen molar-refractivity contribution in [3.8, 4) is 16.9 Å². The zero-order chi connectivity index (χ0) is 27.2. The van der Waals surface area contributed by atoms with Crippen LogP contribution in [0.25, 0.3) is 16.9 Å². The van der Waals surface area contributed by atoms with Gasteiger partial charge >= 0.3 is 0 Å². The van der Waals surface area contributed by atoms with E-state index in [0.29, 0.717) is 47.2 Å². The molecule has 1 aromatic heterocycles. The number of non-ortho nitro benzene ring substituents is 1. The van der Waals surface area contributed by atoms with E-state index in [1.807, 2.05) is 53.4 Å². The van der Waals surface area contributed by atoms with Crippen LogP contribution in [0.1, 0.15) is 21.6 Å². The summed E-state index contributed by atoms with van der Waals surface area (Å²) >= 11 is 6.12. The molecule has 0 aliphatic carbocycles. The van der Waals surface area contributed by atoms with Gasteiger partial charge in [0.05, 0.1) is 16.3 Å². The number of aromatic nitrogens is 2. The maximum atomic E-state index is 14.2. The van der Waals surface area contributed by atoms with Crippen molar-refractivity contribution in [3.05, 3.63) is 147 Å². The Morgan fingerprint density at radius 3 is 2.08 bits per heavy atom. The largest absolute Gasteiger partial charge is 0.333 e. The van der Waals surface area contributed by atoms with E-state index in [-0.39, 0.29) is 11.6 Å². The molecule has 7 nitrogen and oxygen atoms in total. The molecular formula is C31H25ClN4O3. The highest BCUT2D eigenvalue weighted by Gasteiger charge is 2.23. The molecule has 0 fully saturated rings. The second-order valence-corrected chi connectivity index (χ2v) is 9.49. The monoisotopic (exact) mass is 536 g/mol. The molecule has 0 unspecified atom stereocenters. The number of halogens is 1. The normalized spacial score (nSPS) is 10.8. The Morgan fingerprint density at radius 1 is 0.846 bits per heavy atom. The first-order valence-corrected chi connectivity index (χ1v) is 12.8. The fourth-order valence-corrected chi connectivity index (χ4v) is 4.46. The summed E-state index contributed by atoms with van der Waals surface area (Å²) in [7, 11) is 0. The Kier molecular flexibility index (Phi) is 7.80. The lowest BCUT2D eigenvalue weighted by Gasteiger charge is -2.23. The molecule has 8 heteroatoms. The van der Waals surface area contributed by atoms with E-state index in [2.05, 4.69) is 12.1 Å². The number of carbonyl (C=O) groups excluding carboxylic acids is 1. The number of nitro benzene ring substituents is 1. The minimum Gasteiger partial charge on any atom is -0.333 e. The highest BCUT2D eigenvalue weighted by Crippen LogP contribution is 2.26. The molecule has 0 aliphatic rings. The maximum Gasteiger partial charge on any atom is 0.272 e.